The van der Waals surface area contributed by atoms with Crippen molar-refractivity contribution < 1.29 is 43.3 Å². The van der Waals surface area contributed by atoms with Gasteiger partial charge < -0.3 is 34.4 Å². The molecule has 0 bridgehead atoms. The molecule has 3 amide bonds. The van der Waals surface area contributed by atoms with Crippen LogP contribution in [0.25, 0.3) is 10.9 Å². The maximum atomic E-state index is 13.6. The number of ether oxygens (including phenoxy) is 3. The molecule has 1 atom stereocenters. The number of carbonyl (C=O) groups is 5. The first-order valence-corrected chi connectivity index (χ1v) is 15.1. The van der Waals surface area contributed by atoms with Gasteiger partial charge in [-0.25, -0.2) is 14.6 Å². The van der Waals surface area contributed by atoms with E-state index in [2.05, 4.69) is 10.3 Å². The van der Waals surface area contributed by atoms with Gasteiger partial charge in [-0.05, 0) is 51.7 Å². The van der Waals surface area contributed by atoms with Crippen LogP contribution in [0.2, 0.25) is 10.0 Å². The molecular weight excluding hydrogens is 619 g/mol. The number of nitrogens with zero attached hydrogens (tertiary/aromatic N) is 3. The van der Waals surface area contributed by atoms with Crippen molar-refractivity contribution in [2.45, 2.75) is 57.6 Å². The Labute approximate surface area is 263 Å². The minimum Gasteiger partial charge on any atom is -0.481 e. The number of pyridine rings is 1. The molecule has 1 aromatic heterocycles. The average Bonchev–Trinajstić information content (AvgIpc) is 2.97. The number of rotatable bonds is 11. The second kappa shape index (κ2) is 14.3. The third kappa shape index (κ3) is 7.44. The third-order valence-electron chi connectivity index (χ3n) is 7.53. The van der Waals surface area contributed by atoms with Crippen LogP contribution in [-0.2, 0) is 23.9 Å². The molecule has 238 valence electrons. The van der Waals surface area contributed by atoms with Crippen LogP contribution in [0.1, 0.15) is 56.4 Å². The number of hydrogen-bond acceptors (Lipinski definition) is 9. The summed E-state index contributed by atoms with van der Waals surface area (Å²) in [4.78, 5) is 70.6. The lowest BCUT2D eigenvalue weighted by atomic mass is 9.80. The number of hydrogen-bond donors (Lipinski definition) is 2. The van der Waals surface area contributed by atoms with Gasteiger partial charge in [-0.1, -0.05) is 23.2 Å². The molecule has 2 aromatic rings. The Morgan fingerprint density at radius 2 is 1.61 bits per heavy atom. The van der Waals surface area contributed by atoms with Crippen molar-refractivity contribution in [1.29, 1.82) is 0 Å². The Balaban J connectivity index is 1.60. The molecule has 0 spiro atoms. The predicted molar refractivity (Wildman–Crippen MR) is 159 cm³/mol. The second-order valence-electron chi connectivity index (χ2n) is 10.4. The highest BCUT2D eigenvalue weighted by Gasteiger charge is 2.48. The molecule has 13 nitrogen and oxygen atoms in total. The van der Waals surface area contributed by atoms with Crippen molar-refractivity contribution in [3.63, 3.8) is 0 Å². The van der Waals surface area contributed by atoms with Crippen LogP contribution in [0, 0.1) is 0 Å². The van der Waals surface area contributed by atoms with Gasteiger partial charge in [0, 0.05) is 44.1 Å². The lowest BCUT2D eigenvalue weighted by molar-refractivity contribution is -0.169. The van der Waals surface area contributed by atoms with Crippen molar-refractivity contribution in [3.05, 3.63) is 33.9 Å². The summed E-state index contributed by atoms with van der Waals surface area (Å²) in [6.07, 6.45) is 0.519. The fourth-order valence-corrected chi connectivity index (χ4v) is 5.33. The van der Waals surface area contributed by atoms with Gasteiger partial charge in [-0.15, -0.1) is 0 Å². The zero-order valence-electron chi connectivity index (χ0n) is 24.4. The summed E-state index contributed by atoms with van der Waals surface area (Å²) < 4.78 is 16.5. The van der Waals surface area contributed by atoms with E-state index in [1.165, 1.54) is 28.0 Å². The van der Waals surface area contributed by atoms with Crippen molar-refractivity contribution in [2.24, 2.45) is 0 Å². The summed E-state index contributed by atoms with van der Waals surface area (Å²) in [5, 5.41) is 12.7. The Bertz CT molecular complexity index is 1440. The number of halogens is 2. The van der Waals surface area contributed by atoms with Crippen LogP contribution in [-0.4, -0.2) is 101 Å². The molecule has 2 aliphatic rings. The summed E-state index contributed by atoms with van der Waals surface area (Å²) >= 11 is 12.5. The molecule has 1 aliphatic heterocycles. The highest BCUT2D eigenvalue weighted by atomic mass is 35.5. The fraction of sp³-hybridized carbons (Fsp3) is 0.517. The van der Waals surface area contributed by atoms with E-state index in [9.17, 15) is 29.1 Å². The van der Waals surface area contributed by atoms with Gasteiger partial charge in [0.25, 0.3) is 5.91 Å². The molecule has 2 fully saturated rings. The van der Waals surface area contributed by atoms with E-state index in [0.29, 0.717) is 18.2 Å². The number of carbonyl (C=O) groups excluding carboxylic acids is 4. The number of piperazine rings is 1. The molecule has 1 saturated carbocycles. The van der Waals surface area contributed by atoms with Crippen molar-refractivity contribution >= 4 is 64.0 Å². The van der Waals surface area contributed by atoms with Gasteiger partial charge in [0.1, 0.15) is 17.5 Å². The Hall–Kier alpha value is -3.84. The van der Waals surface area contributed by atoms with Crippen LogP contribution in [0.5, 0.6) is 5.75 Å². The molecule has 4 rings (SSSR count). The molecule has 2 N–H and O–H groups in total. The largest absolute Gasteiger partial charge is 0.481 e. The minimum atomic E-state index is -1.24. The third-order valence-corrected chi connectivity index (χ3v) is 8.25. The first kappa shape index (κ1) is 33.1. The first-order chi connectivity index (χ1) is 21.0. The summed E-state index contributed by atoms with van der Waals surface area (Å²) in [5.74, 6) is -2.78. The second-order valence-corrected chi connectivity index (χ2v) is 11.2. The van der Waals surface area contributed by atoms with E-state index in [1.807, 2.05) is 0 Å². The van der Waals surface area contributed by atoms with Crippen LogP contribution in [0.3, 0.4) is 0 Å². The van der Waals surface area contributed by atoms with Gasteiger partial charge in [-0.3, -0.25) is 14.4 Å². The SMILES string of the molecule is CCOC(=O)N1CCN(C(=O)C(CCC(=O)O)NC(=O)c2cc(OC3(C(=O)OCC)CCC3)c3cc(Cl)c(Cl)cc3n2)CC1. The number of aliphatic carboxylic acids is 1. The molecule has 0 radical (unpaired) electrons. The quantitative estimate of drug-likeness (QED) is 0.342. The van der Waals surface area contributed by atoms with Crippen LogP contribution >= 0.6 is 23.2 Å². The number of carboxylic acid groups (broad SMARTS) is 1. The van der Waals surface area contributed by atoms with Gasteiger partial charge >= 0.3 is 18.0 Å². The highest BCUT2D eigenvalue weighted by molar-refractivity contribution is 6.42. The van der Waals surface area contributed by atoms with Gasteiger partial charge in [0.05, 0.1) is 28.8 Å². The average molecular weight is 654 g/mol. The molecule has 1 aliphatic carbocycles. The normalized spacial score (nSPS) is 16.5. The Morgan fingerprint density at radius 3 is 2.20 bits per heavy atom. The number of esters is 1. The summed E-state index contributed by atoms with van der Waals surface area (Å²) in [5.41, 5.74) is -1.14. The lowest BCUT2D eigenvalue weighted by Crippen LogP contribution is -2.56. The monoisotopic (exact) mass is 652 g/mol. The molecule has 44 heavy (non-hydrogen) atoms. The number of aromatic nitrogens is 1. The maximum Gasteiger partial charge on any atom is 0.409 e. The smallest absolute Gasteiger partial charge is 0.409 e. The van der Waals surface area contributed by atoms with Crippen LogP contribution < -0.4 is 10.1 Å². The van der Waals surface area contributed by atoms with E-state index in [0.717, 1.165) is 6.42 Å². The topological polar surface area (TPSA) is 165 Å². The van der Waals surface area contributed by atoms with E-state index in [4.69, 9.17) is 37.4 Å². The minimum absolute atomic E-state index is 0.148. The van der Waals surface area contributed by atoms with Gasteiger partial charge in [-0.2, -0.15) is 0 Å². The standard InChI is InChI=1S/C29H34Cl2N4O9/c1-3-42-27(40)29(8-5-9-29)44-23-16-22(32-21-15-19(31)18(30)14-17(21)23)25(38)33-20(6-7-24(36)37)26(39)34-10-12-35(13-11-34)28(41)43-4-2/h14-16,20H,3-13H2,1-2H3,(H,33,38)(H,36,37). The zero-order chi connectivity index (χ0) is 32.0. The number of amides is 3. The van der Waals surface area contributed by atoms with Gasteiger partial charge in [0.15, 0.2) is 0 Å². The first-order valence-electron chi connectivity index (χ1n) is 14.4. The molecule has 15 heteroatoms. The van der Waals surface area contributed by atoms with Crippen LogP contribution in [0.4, 0.5) is 4.79 Å². The Morgan fingerprint density at radius 1 is 0.977 bits per heavy atom. The van der Waals surface area contributed by atoms with Crippen molar-refractivity contribution in [2.75, 3.05) is 39.4 Å². The molecule has 1 unspecified atom stereocenters. The van der Waals surface area contributed by atoms with Crippen LogP contribution in [0.15, 0.2) is 18.2 Å². The molecule has 2 heterocycles. The number of fused-ring (bicyclic) bond motifs is 1. The van der Waals surface area contributed by atoms with E-state index in [1.54, 1.807) is 13.8 Å². The zero-order valence-corrected chi connectivity index (χ0v) is 25.9. The number of benzene rings is 1. The summed E-state index contributed by atoms with van der Waals surface area (Å²) in [7, 11) is 0. The fourth-order valence-electron chi connectivity index (χ4n) is 5.01. The number of nitrogens with one attached hydrogen (secondary N) is 1. The molecule has 1 saturated heterocycles. The highest BCUT2D eigenvalue weighted by Crippen LogP contribution is 2.41. The molecule has 1 aromatic carbocycles. The Kier molecular flexibility index (Phi) is 10.7. The summed E-state index contributed by atoms with van der Waals surface area (Å²) in [6, 6.07) is 3.13. The molecular formula is C29H34Cl2N4O9. The maximum absolute atomic E-state index is 13.6. The van der Waals surface area contributed by atoms with E-state index >= 15 is 0 Å². The number of carboxylic acids is 1. The summed E-state index contributed by atoms with van der Waals surface area (Å²) in [6.45, 7) is 4.59. The predicted octanol–water partition coefficient (Wildman–Crippen LogP) is 3.67. The van der Waals surface area contributed by atoms with Gasteiger partial charge in [0.2, 0.25) is 11.5 Å². The van der Waals surface area contributed by atoms with E-state index < -0.39 is 41.5 Å². The van der Waals surface area contributed by atoms with E-state index in [-0.39, 0.29) is 79.2 Å². The van der Waals surface area contributed by atoms with Crippen molar-refractivity contribution in [1.82, 2.24) is 20.1 Å². The van der Waals surface area contributed by atoms with Crippen molar-refractivity contribution in [3.8, 4) is 5.75 Å². The lowest BCUT2D eigenvalue weighted by Gasteiger charge is -2.39.